The van der Waals surface area contributed by atoms with Gasteiger partial charge in [0, 0.05) is 0 Å². The fourth-order valence-corrected chi connectivity index (χ4v) is 23.1. The molecule has 7 rings (SSSR count). The molecule has 5 heteroatoms. The summed E-state index contributed by atoms with van der Waals surface area (Å²) < 4.78 is 16.8. The van der Waals surface area contributed by atoms with E-state index in [-0.39, 0.29) is 0 Å². The minimum absolute atomic E-state index is 0.676. The lowest BCUT2D eigenvalue weighted by Crippen LogP contribution is -2.81. The van der Waals surface area contributed by atoms with Gasteiger partial charge in [0.05, 0.1) is 0 Å². The second-order valence-corrected chi connectivity index (χ2v) is 22.7. The minimum atomic E-state index is -3.69. The number of hydrogen-bond acceptors (Lipinski definition) is 2. The summed E-state index contributed by atoms with van der Waals surface area (Å²) in [5.74, 6) is 0. The summed E-state index contributed by atoms with van der Waals surface area (Å²) in [6.07, 6.45) is 2.04. The molecule has 0 amide bonds. The van der Waals surface area contributed by atoms with Crippen molar-refractivity contribution in [1.29, 1.82) is 0 Å². The third-order valence-electron chi connectivity index (χ3n) is 9.38. The molecule has 0 bridgehead atoms. The molecule has 0 spiro atoms. The van der Waals surface area contributed by atoms with Crippen molar-refractivity contribution in [3.63, 3.8) is 0 Å². The number of hydrogen-bond donors (Lipinski definition) is 0. The summed E-state index contributed by atoms with van der Waals surface area (Å²) in [6.45, 7) is 4.33. The predicted octanol–water partition coefficient (Wildman–Crippen LogP) is 5.89. The van der Waals surface area contributed by atoms with Gasteiger partial charge in [0.25, 0.3) is 16.6 Å². The molecule has 7 aromatic carbocycles. The average Bonchev–Trinajstić information content (AvgIpc) is 3.21. The van der Waals surface area contributed by atoms with Gasteiger partial charge in [-0.2, -0.15) is 0 Å². The number of rotatable bonds is 13. The van der Waals surface area contributed by atoms with Crippen molar-refractivity contribution >= 4 is 61.5 Å². The smallest absolute Gasteiger partial charge is 0.387 e. The normalized spacial score (nSPS) is 11.9. The van der Waals surface area contributed by atoms with Crippen molar-refractivity contribution in [1.82, 2.24) is 0 Å². The van der Waals surface area contributed by atoms with Crippen LogP contribution in [-0.4, -0.2) is 25.2 Å². The van der Waals surface area contributed by atoms with Crippen LogP contribution in [-0.2, 0) is 8.23 Å². The second-order valence-electron chi connectivity index (χ2n) is 12.4. The van der Waals surface area contributed by atoms with E-state index in [1.807, 2.05) is 6.08 Å². The average molecular weight is 697 g/mol. The molecule has 244 valence electrons. The molecule has 50 heavy (non-hydrogen) atoms. The van der Waals surface area contributed by atoms with Crippen LogP contribution in [0.1, 0.15) is 0 Å². The van der Waals surface area contributed by atoms with E-state index in [4.69, 9.17) is 8.23 Å². The Morgan fingerprint density at radius 3 is 0.880 bits per heavy atom. The van der Waals surface area contributed by atoms with Crippen LogP contribution in [0.2, 0.25) is 6.04 Å². The highest BCUT2D eigenvalue weighted by Crippen LogP contribution is 2.26. The maximum atomic E-state index is 8.46. The van der Waals surface area contributed by atoms with E-state index in [1.165, 1.54) is 25.9 Å². The van der Waals surface area contributed by atoms with Gasteiger partial charge in [-0.3, -0.25) is 0 Å². The molecule has 0 aliphatic rings. The van der Waals surface area contributed by atoms with E-state index in [0.29, 0.717) is 6.04 Å². The maximum absolute atomic E-state index is 8.46. The van der Waals surface area contributed by atoms with Crippen LogP contribution in [0.3, 0.4) is 0 Å². The van der Waals surface area contributed by atoms with Crippen LogP contribution >= 0.6 is 0 Å². The fraction of sp³-hybridized carbons (Fsp3) is 0.0222. The molecule has 2 nitrogen and oxygen atoms in total. The quantitative estimate of drug-likeness (QED) is 0.0852. The van der Waals surface area contributed by atoms with Crippen molar-refractivity contribution in [2.24, 2.45) is 0 Å². The first-order valence-electron chi connectivity index (χ1n) is 17.1. The van der Waals surface area contributed by atoms with Crippen LogP contribution in [0.25, 0.3) is 0 Å². The van der Waals surface area contributed by atoms with Crippen molar-refractivity contribution in [3.05, 3.63) is 225 Å². The zero-order valence-electron chi connectivity index (χ0n) is 28.0. The van der Waals surface area contributed by atoms with E-state index in [0.717, 1.165) is 10.4 Å². The standard InChI is InChI=1S/C45H40O2Si3/c1-2-38-48(39-24-10-3-11-25-39,40-26-12-4-13-27-40)46-50(44-34-20-8-21-35-44,45-36-22-9-23-37-45)47-49(41-28-14-5-15-29-41,42-30-16-6-17-31-42)43-32-18-7-19-33-43/h2-37H,1,38H2. The summed E-state index contributed by atoms with van der Waals surface area (Å²) >= 11 is 0. The van der Waals surface area contributed by atoms with Gasteiger partial charge in [-0.25, -0.2) is 0 Å². The third-order valence-corrected chi connectivity index (χ3v) is 23.3. The molecule has 0 saturated carbocycles. The van der Waals surface area contributed by atoms with Gasteiger partial charge in [0.15, 0.2) is 0 Å². The lowest BCUT2D eigenvalue weighted by Gasteiger charge is -2.47. The fourth-order valence-electron chi connectivity index (χ4n) is 7.07. The van der Waals surface area contributed by atoms with Crippen LogP contribution in [0.4, 0.5) is 0 Å². The van der Waals surface area contributed by atoms with Crippen molar-refractivity contribution in [3.8, 4) is 0 Å². The van der Waals surface area contributed by atoms with E-state index in [9.17, 15) is 0 Å². The first-order valence-corrected chi connectivity index (χ1v) is 23.0. The Labute approximate surface area is 299 Å². The maximum Gasteiger partial charge on any atom is 0.387 e. The summed E-state index contributed by atoms with van der Waals surface area (Å²) in [4.78, 5) is 0. The van der Waals surface area contributed by atoms with Gasteiger partial charge in [0.2, 0.25) is 0 Å². The number of benzene rings is 7. The van der Waals surface area contributed by atoms with Gasteiger partial charge >= 0.3 is 8.56 Å². The molecule has 0 fully saturated rings. The minimum Gasteiger partial charge on any atom is -0.422 e. The van der Waals surface area contributed by atoms with Crippen molar-refractivity contribution < 1.29 is 8.23 Å². The molecule has 0 atom stereocenters. The Bertz CT molecular complexity index is 1900. The summed E-state index contributed by atoms with van der Waals surface area (Å²) in [5, 5.41) is 8.01. The van der Waals surface area contributed by atoms with Crippen LogP contribution in [0.15, 0.2) is 225 Å². The van der Waals surface area contributed by atoms with E-state index in [2.05, 4.69) is 219 Å². The number of allylic oxidation sites excluding steroid dienone is 1. The summed E-state index contributed by atoms with van der Waals surface area (Å²) in [7, 11) is -10.1. The molecular formula is C45H40O2Si3. The van der Waals surface area contributed by atoms with E-state index >= 15 is 0 Å². The van der Waals surface area contributed by atoms with Gasteiger partial charge in [-0.15, -0.1) is 6.58 Å². The third kappa shape index (κ3) is 6.33. The van der Waals surface area contributed by atoms with Gasteiger partial charge in [-0.05, 0) is 42.4 Å². The summed E-state index contributed by atoms with van der Waals surface area (Å²) in [6, 6.07) is 76.2. The lowest BCUT2D eigenvalue weighted by atomic mass is 10.3. The topological polar surface area (TPSA) is 18.5 Å². The molecule has 0 saturated heterocycles. The molecule has 0 aromatic heterocycles. The highest BCUT2D eigenvalue weighted by molar-refractivity contribution is 7.15. The Hall–Kier alpha value is -5.15. The molecule has 0 aliphatic carbocycles. The van der Waals surface area contributed by atoms with Crippen molar-refractivity contribution in [2.75, 3.05) is 0 Å². The predicted molar refractivity (Wildman–Crippen MR) is 217 cm³/mol. The Morgan fingerprint density at radius 2 is 0.600 bits per heavy atom. The van der Waals surface area contributed by atoms with Crippen LogP contribution in [0, 0.1) is 0 Å². The highest BCUT2D eigenvalue weighted by Gasteiger charge is 2.57. The Kier molecular flexibility index (Phi) is 10.1. The second kappa shape index (κ2) is 15.2. The largest absolute Gasteiger partial charge is 0.422 e. The Balaban J connectivity index is 1.62. The van der Waals surface area contributed by atoms with Crippen LogP contribution < -0.4 is 36.3 Å². The van der Waals surface area contributed by atoms with Gasteiger partial charge < -0.3 is 8.23 Å². The molecule has 0 unspecified atom stereocenters. The lowest BCUT2D eigenvalue weighted by molar-refractivity contribution is 0.425. The van der Waals surface area contributed by atoms with E-state index < -0.39 is 25.2 Å². The molecule has 0 N–H and O–H groups in total. The SMILES string of the molecule is C=CC[Si](O[Si](O[Si](c1ccccc1)(c1ccccc1)c1ccccc1)(c1ccccc1)c1ccccc1)(c1ccccc1)c1ccccc1. The first-order chi connectivity index (χ1) is 24.7. The van der Waals surface area contributed by atoms with Gasteiger partial charge in [0.1, 0.15) is 0 Å². The van der Waals surface area contributed by atoms with Crippen molar-refractivity contribution in [2.45, 2.75) is 6.04 Å². The zero-order chi connectivity index (χ0) is 34.1. The van der Waals surface area contributed by atoms with E-state index in [1.54, 1.807) is 0 Å². The highest BCUT2D eigenvalue weighted by atomic mass is 28.5. The molecular weight excluding hydrogens is 657 g/mol. The molecule has 0 aliphatic heterocycles. The summed E-state index contributed by atoms with van der Waals surface area (Å²) in [5.41, 5.74) is 0. The van der Waals surface area contributed by atoms with Crippen LogP contribution in [0.5, 0.6) is 0 Å². The molecule has 7 aromatic rings. The monoisotopic (exact) mass is 696 g/mol. The first kappa shape index (κ1) is 33.4. The Morgan fingerprint density at radius 1 is 0.340 bits per heavy atom. The molecule has 0 heterocycles. The molecule has 0 radical (unpaired) electrons. The zero-order valence-corrected chi connectivity index (χ0v) is 31.0. The van der Waals surface area contributed by atoms with Gasteiger partial charge in [-0.1, -0.05) is 218 Å².